The number of nitrogens with one attached hydrogen (secondary N) is 1. The summed E-state index contributed by atoms with van der Waals surface area (Å²) in [6.07, 6.45) is 8.37. The highest BCUT2D eigenvalue weighted by molar-refractivity contribution is 5.30. The summed E-state index contributed by atoms with van der Waals surface area (Å²) in [6, 6.07) is 0.596. The van der Waals surface area contributed by atoms with Crippen molar-refractivity contribution in [3.8, 4) is 0 Å². The van der Waals surface area contributed by atoms with Crippen molar-refractivity contribution >= 4 is 5.95 Å². The average molecular weight is 265 g/mol. The summed E-state index contributed by atoms with van der Waals surface area (Å²) in [5.74, 6) is 1.93. The average Bonchev–Trinajstić information content (AvgIpc) is 2.73. The molecule has 4 nitrogen and oxygen atoms in total. The SMILES string of the molecule is COCCCn1cc(C)nc1NC1CCC(C)CC1. The first kappa shape index (κ1) is 14.4. The van der Waals surface area contributed by atoms with Gasteiger partial charge in [-0.15, -0.1) is 0 Å². The van der Waals surface area contributed by atoms with Crippen molar-refractivity contribution in [2.75, 3.05) is 19.0 Å². The second kappa shape index (κ2) is 6.94. The van der Waals surface area contributed by atoms with Crippen LogP contribution in [0.1, 0.15) is 44.7 Å². The molecule has 108 valence electrons. The molecule has 0 atom stereocenters. The summed E-state index contributed by atoms with van der Waals surface area (Å²) >= 11 is 0. The molecular formula is C15H27N3O. The molecule has 1 saturated carbocycles. The molecule has 0 saturated heterocycles. The van der Waals surface area contributed by atoms with Crippen LogP contribution in [0.4, 0.5) is 5.95 Å². The minimum Gasteiger partial charge on any atom is -0.385 e. The van der Waals surface area contributed by atoms with Gasteiger partial charge in [0.05, 0.1) is 5.69 Å². The number of imidazole rings is 1. The first-order valence-electron chi connectivity index (χ1n) is 7.48. The Balaban J connectivity index is 1.91. The van der Waals surface area contributed by atoms with Crippen LogP contribution < -0.4 is 5.32 Å². The molecule has 0 bridgehead atoms. The summed E-state index contributed by atoms with van der Waals surface area (Å²) in [5.41, 5.74) is 1.09. The third-order valence-corrected chi connectivity index (χ3v) is 3.99. The highest BCUT2D eigenvalue weighted by Crippen LogP contribution is 2.25. The Morgan fingerprint density at radius 1 is 1.37 bits per heavy atom. The number of hydrogen-bond donors (Lipinski definition) is 1. The van der Waals surface area contributed by atoms with Crippen molar-refractivity contribution in [3.63, 3.8) is 0 Å². The molecule has 1 aliphatic carbocycles. The van der Waals surface area contributed by atoms with E-state index in [1.54, 1.807) is 7.11 Å². The van der Waals surface area contributed by atoms with E-state index in [-0.39, 0.29) is 0 Å². The lowest BCUT2D eigenvalue weighted by Crippen LogP contribution is -2.26. The monoisotopic (exact) mass is 265 g/mol. The van der Waals surface area contributed by atoms with Gasteiger partial charge in [0.25, 0.3) is 0 Å². The topological polar surface area (TPSA) is 39.1 Å². The molecule has 1 fully saturated rings. The predicted octanol–water partition coefficient (Wildman–Crippen LogP) is 3.22. The van der Waals surface area contributed by atoms with Crippen LogP contribution in [0, 0.1) is 12.8 Å². The standard InChI is InChI=1S/C15H27N3O/c1-12-5-7-14(8-6-12)17-15-16-13(2)11-18(15)9-4-10-19-3/h11-12,14H,4-10H2,1-3H3,(H,16,17). The van der Waals surface area contributed by atoms with Gasteiger partial charge in [-0.3, -0.25) is 0 Å². The molecule has 1 aromatic rings. The van der Waals surface area contributed by atoms with Crippen molar-refractivity contribution in [1.82, 2.24) is 9.55 Å². The number of aromatic nitrogens is 2. The number of nitrogens with zero attached hydrogens (tertiary/aromatic N) is 2. The Morgan fingerprint density at radius 3 is 2.79 bits per heavy atom. The van der Waals surface area contributed by atoms with Crippen molar-refractivity contribution < 1.29 is 4.74 Å². The molecule has 1 N–H and O–H groups in total. The quantitative estimate of drug-likeness (QED) is 0.803. The van der Waals surface area contributed by atoms with Crippen molar-refractivity contribution in [1.29, 1.82) is 0 Å². The van der Waals surface area contributed by atoms with Gasteiger partial charge in [-0.2, -0.15) is 0 Å². The molecule has 0 aromatic carbocycles. The maximum atomic E-state index is 5.12. The Hall–Kier alpha value is -1.03. The van der Waals surface area contributed by atoms with Crippen LogP contribution in [0.25, 0.3) is 0 Å². The molecule has 1 aliphatic rings. The van der Waals surface area contributed by atoms with Gasteiger partial charge in [0.1, 0.15) is 0 Å². The lowest BCUT2D eigenvalue weighted by molar-refractivity contribution is 0.190. The molecule has 1 aromatic heterocycles. The van der Waals surface area contributed by atoms with E-state index in [0.717, 1.165) is 37.1 Å². The van der Waals surface area contributed by atoms with E-state index in [9.17, 15) is 0 Å². The summed E-state index contributed by atoms with van der Waals surface area (Å²) in [5, 5.41) is 3.63. The minimum atomic E-state index is 0.596. The van der Waals surface area contributed by atoms with Gasteiger partial charge in [0.15, 0.2) is 0 Å². The maximum Gasteiger partial charge on any atom is 0.203 e. The zero-order valence-corrected chi connectivity index (χ0v) is 12.5. The molecular weight excluding hydrogens is 238 g/mol. The Bertz CT molecular complexity index is 381. The van der Waals surface area contributed by atoms with Crippen molar-refractivity contribution in [2.24, 2.45) is 5.92 Å². The number of hydrogen-bond acceptors (Lipinski definition) is 3. The molecule has 0 aliphatic heterocycles. The molecule has 0 radical (unpaired) electrons. The second-order valence-corrected chi connectivity index (χ2v) is 5.85. The molecule has 4 heteroatoms. The summed E-state index contributed by atoms with van der Waals surface area (Å²) in [7, 11) is 1.75. The van der Waals surface area contributed by atoms with Gasteiger partial charge in [-0.1, -0.05) is 6.92 Å². The van der Waals surface area contributed by atoms with E-state index in [4.69, 9.17) is 4.74 Å². The largest absolute Gasteiger partial charge is 0.385 e. The molecule has 19 heavy (non-hydrogen) atoms. The normalized spacial score (nSPS) is 23.5. The molecule has 2 rings (SSSR count). The number of ether oxygens (including phenoxy) is 1. The van der Waals surface area contributed by atoms with E-state index in [1.807, 2.05) is 0 Å². The number of aryl methyl sites for hydroxylation is 2. The zero-order valence-electron chi connectivity index (χ0n) is 12.5. The second-order valence-electron chi connectivity index (χ2n) is 5.85. The van der Waals surface area contributed by atoms with Crippen LogP contribution in [0.5, 0.6) is 0 Å². The van der Waals surface area contributed by atoms with E-state index in [0.29, 0.717) is 6.04 Å². The number of methoxy groups -OCH3 is 1. The lowest BCUT2D eigenvalue weighted by atomic mass is 9.87. The lowest BCUT2D eigenvalue weighted by Gasteiger charge is -2.27. The summed E-state index contributed by atoms with van der Waals surface area (Å²) in [6.45, 7) is 6.19. The van der Waals surface area contributed by atoms with E-state index >= 15 is 0 Å². The fourth-order valence-corrected chi connectivity index (χ4v) is 2.80. The van der Waals surface area contributed by atoms with Gasteiger partial charge in [-0.05, 0) is 44.9 Å². The highest BCUT2D eigenvalue weighted by Gasteiger charge is 2.19. The predicted molar refractivity (Wildman–Crippen MR) is 78.5 cm³/mol. The van der Waals surface area contributed by atoms with E-state index in [1.165, 1.54) is 25.7 Å². The molecule has 1 heterocycles. The third kappa shape index (κ3) is 4.23. The smallest absolute Gasteiger partial charge is 0.203 e. The van der Waals surface area contributed by atoms with E-state index in [2.05, 4.69) is 34.9 Å². The van der Waals surface area contributed by atoms with Crippen LogP contribution in [0.2, 0.25) is 0 Å². The molecule has 0 unspecified atom stereocenters. The highest BCUT2D eigenvalue weighted by atomic mass is 16.5. The van der Waals surface area contributed by atoms with Gasteiger partial charge in [0.2, 0.25) is 5.95 Å². The number of rotatable bonds is 6. The van der Waals surface area contributed by atoms with Gasteiger partial charge in [0, 0.05) is 32.5 Å². The number of anilines is 1. The minimum absolute atomic E-state index is 0.596. The third-order valence-electron chi connectivity index (χ3n) is 3.99. The summed E-state index contributed by atoms with van der Waals surface area (Å²) in [4.78, 5) is 4.61. The zero-order chi connectivity index (χ0) is 13.7. The van der Waals surface area contributed by atoms with Crippen molar-refractivity contribution in [3.05, 3.63) is 11.9 Å². The van der Waals surface area contributed by atoms with Gasteiger partial charge < -0.3 is 14.6 Å². The Labute approximate surface area is 116 Å². The van der Waals surface area contributed by atoms with Crippen LogP contribution in [0.3, 0.4) is 0 Å². The van der Waals surface area contributed by atoms with Crippen LogP contribution >= 0.6 is 0 Å². The Morgan fingerprint density at radius 2 is 2.11 bits per heavy atom. The Kier molecular flexibility index (Phi) is 5.25. The first-order chi connectivity index (χ1) is 9.19. The fourth-order valence-electron chi connectivity index (χ4n) is 2.80. The van der Waals surface area contributed by atoms with E-state index < -0.39 is 0 Å². The first-order valence-corrected chi connectivity index (χ1v) is 7.48. The van der Waals surface area contributed by atoms with Crippen LogP contribution in [-0.4, -0.2) is 29.3 Å². The van der Waals surface area contributed by atoms with Gasteiger partial charge in [-0.25, -0.2) is 4.98 Å². The fraction of sp³-hybridized carbons (Fsp3) is 0.800. The van der Waals surface area contributed by atoms with Crippen molar-refractivity contribution in [2.45, 2.75) is 58.5 Å². The summed E-state index contributed by atoms with van der Waals surface area (Å²) < 4.78 is 7.35. The molecule has 0 spiro atoms. The molecule has 0 amide bonds. The maximum absolute atomic E-state index is 5.12. The van der Waals surface area contributed by atoms with Gasteiger partial charge >= 0.3 is 0 Å². The van der Waals surface area contributed by atoms with Crippen LogP contribution in [-0.2, 0) is 11.3 Å². The van der Waals surface area contributed by atoms with Crippen LogP contribution in [0.15, 0.2) is 6.20 Å².